The van der Waals surface area contributed by atoms with Crippen LogP contribution in [0.3, 0.4) is 0 Å². The van der Waals surface area contributed by atoms with Crippen LogP contribution in [-0.2, 0) is 16.0 Å². The Bertz CT molecular complexity index is 838. The average molecular weight is 417 g/mol. The predicted molar refractivity (Wildman–Crippen MR) is 115 cm³/mol. The molecule has 1 unspecified atom stereocenters. The monoisotopic (exact) mass is 416 g/mol. The number of amides is 1. The largest absolute Gasteiger partial charge is 0.383 e. The molecule has 1 aliphatic heterocycles. The Hall–Kier alpha value is -2.25. The number of likely N-dealkylation sites (tertiary alicyclic amines) is 1. The Kier molecular flexibility index (Phi) is 7.61. The first-order valence-electron chi connectivity index (χ1n) is 10.7. The molecule has 6 nitrogen and oxygen atoms in total. The van der Waals surface area contributed by atoms with Crippen molar-refractivity contribution in [1.29, 1.82) is 0 Å². The van der Waals surface area contributed by atoms with Crippen molar-refractivity contribution in [3.63, 3.8) is 0 Å². The summed E-state index contributed by atoms with van der Waals surface area (Å²) < 4.78 is 21.1. The molecule has 164 valence electrons. The lowest BCUT2D eigenvalue weighted by molar-refractivity contribution is -0.129. The van der Waals surface area contributed by atoms with E-state index in [1.807, 2.05) is 34.1 Å². The van der Waals surface area contributed by atoms with Gasteiger partial charge in [-0.1, -0.05) is 18.2 Å². The Labute approximate surface area is 178 Å². The Morgan fingerprint density at radius 1 is 1.30 bits per heavy atom. The number of rotatable bonds is 10. The van der Waals surface area contributed by atoms with Crippen LogP contribution in [0.4, 0.5) is 4.39 Å². The smallest absolute Gasteiger partial charge is 0.223 e. The Balaban J connectivity index is 1.70. The van der Waals surface area contributed by atoms with Gasteiger partial charge in [0.2, 0.25) is 5.91 Å². The van der Waals surface area contributed by atoms with E-state index in [-0.39, 0.29) is 35.8 Å². The molecule has 0 spiro atoms. The lowest BCUT2D eigenvalue weighted by atomic mass is 9.95. The van der Waals surface area contributed by atoms with Crippen molar-refractivity contribution in [2.24, 2.45) is 5.92 Å². The van der Waals surface area contributed by atoms with Gasteiger partial charge in [0.15, 0.2) is 0 Å². The highest BCUT2D eigenvalue weighted by Gasteiger charge is 2.41. The first-order chi connectivity index (χ1) is 14.4. The summed E-state index contributed by atoms with van der Waals surface area (Å²) in [6, 6.07) is 7.21. The minimum Gasteiger partial charge on any atom is -0.383 e. The molecule has 2 heterocycles. The van der Waals surface area contributed by atoms with Crippen LogP contribution in [0.25, 0.3) is 0 Å². The number of aromatic nitrogens is 2. The van der Waals surface area contributed by atoms with E-state index in [2.05, 4.69) is 31.2 Å². The topological polar surface area (TPSA) is 59.4 Å². The Morgan fingerprint density at radius 2 is 2.07 bits per heavy atom. The van der Waals surface area contributed by atoms with Crippen molar-refractivity contribution in [2.45, 2.75) is 51.7 Å². The average Bonchev–Trinajstić information content (AvgIpc) is 3.31. The normalized spacial score (nSPS) is 20.3. The van der Waals surface area contributed by atoms with Crippen LogP contribution < -0.4 is 5.32 Å². The maximum absolute atomic E-state index is 14.0. The van der Waals surface area contributed by atoms with Gasteiger partial charge in [0, 0.05) is 56.4 Å². The van der Waals surface area contributed by atoms with Gasteiger partial charge in [-0.3, -0.25) is 9.48 Å². The van der Waals surface area contributed by atoms with Crippen molar-refractivity contribution in [3.05, 3.63) is 53.6 Å². The second-order valence-corrected chi connectivity index (χ2v) is 8.44. The summed E-state index contributed by atoms with van der Waals surface area (Å²) >= 11 is 0. The summed E-state index contributed by atoms with van der Waals surface area (Å²) in [7, 11) is 1.65. The van der Waals surface area contributed by atoms with Crippen LogP contribution in [0.5, 0.6) is 0 Å². The van der Waals surface area contributed by atoms with Crippen molar-refractivity contribution in [2.75, 3.05) is 26.8 Å². The quantitative estimate of drug-likeness (QED) is 0.645. The zero-order valence-corrected chi connectivity index (χ0v) is 18.3. The van der Waals surface area contributed by atoms with Crippen LogP contribution >= 0.6 is 0 Å². The standard InChI is InChI=1S/C23H33FN4O2/c1-16(2)28-15-20(14-26-28)23-19(12-22(29)27(23)9-10-30-4)13-25-17(3)11-18-7-5-6-8-21(18)24/h5-8,14-17,19,23,25H,9-13H2,1-4H3/t17?,19-,23+/m0/s1. The number of carbonyl (C=O) groups excluding carboxylic acids is 1. The van der Waals surface area contributed by atoms with E-state index in [0.29, 0.717) is 38.1 Å². The van der Waals surface area contributed by atoms with E-state index < -0.39 is 0 Å². The van der Waals surface area contributed by atoms with E-state index in [9.17, 15) is 9.18 Å². The van der Waals surface area contributed by atoms with Crippen molar-refractivity contribution < 1.29 is 13.9 Å². The number of nitrogens with one attached hydrogen (secondary N) is 1. The number of carbonyl (C=O) groups is 1. The predicted octanol–water partition coefficient (Wildman–Crippen LogP) is 3.36. The number of halogens is 1. The summed E-state index contributed by atoms with van der Waals surface area (Å²) in [5.74, 6) is 0.0945. The molecule has 1 aliphatic rings. The first kappa shape index (κ1) is 22.4. The molecule has 3 rings (SSSR count). The van der Waals surface area contributed by atoms with Gasteiger partial charge in [0.1, 0.15) is 5.82 Å². The summed E-state index contributed by atoms with van der Waals surface area (Å²) in [4.78, 5) is 14.7. The van der Waals surface area contributed by atoms with Gasteiger partial charge in [0.05, 0.1) is 18.8 Å². The SMILES string of the molecule is COCCN1C(=O)C[C@@H](CNC(C)Cc2ccccc2F)[C@@H]1c1cnn(C(C)C)c1. The molecular formula is C23H33FN4O2. The van der Waals surface area contributed by atoms with Crippen LogP contribution in [0.15, 0.2) is 36.7 Å². The highest BCUT2D eigenvalue weighted by atomic mass is 19.1. The molecule has 1 N–H and O–H groups in total. The van der Waals surface area contributed by atoms with E-state index >= 15 is 0 Å². The fourth-order valence-electron chi connectivity index (χ4n) is 4.16. The molecule has 0 bridgehead atoms. The molecule has 1 fully saturated rings. The molecule has 2 aromatic rings. The van der Waals surface area contributed by atoms with E-state index in [0.717, 1.165) is 5.56 Å². The molecular weight excluding hydrogens is 383 g/mol. The number of hydrogen-bond acceptors (Lipinski definition) is 4. The number of nitrogens with zero attached hydrogens (tertiary/aromatic N) is 3. The number of hydrogen-bond donors (Lipinski definition) is 1. The van der Waals surface area contributed by atoms with E-state index in [1.165, 1.54) is 6.07 Å². The summed E-state index contributed by atoms with van der Waals surface area (Å²) in [6.07, 6.45) is 5.01. The molecule has 3 atom stereocenters. The maximum atomic E-state index is 14.0. The highest BCUT2D eigenvalue weighted by Crippen LogP contribution is 2.37. The summed E-state index contributed by atoms with van der Waals surface area (Å²) in [5.41, 5.74) is 1.76. The molecule has 1 aromatic carbocycles. The third-order valence-corrected chi connectivity index (χ3v) is 5.78. The number of benzene rings is 1. The highest BCUT2D eigenvalue weighted by molar-refractivity contribution is 5.79. The maximum Gasteiger partial charge on any atom is 0.223 e. The Morgan fingerprint density at radius 3 is 2.73 bits per heavy atom. The van der Waals surface area contributed by atoms with Gasteiger partial charge in [-0.2, -0.15) is 5.10 Å². The minimum atomic E-state index is -0.174. The fraction of sp³-hybridized carbons (Fsp3) is 0.565. The van der Waals surface area contributed by atoms with Gasteiger partial charge in [0.25, 0.3) is 0 Å². The minimum absolute atomic E-state index is 0.0340. The van der Waals surface area contributed by atoms with Crippen LogP contribution in [-0.4, -0.2) is 53.4 Å². The van der Waals surface area contributed by atoms with Gasteiger partial charge in [-0.25, -0.2) is 4.39 Å². The second kappa shape index (κ2) is 10.2. The molecule has 30 heavy (non-hydrogen) atoms. The van der Waals surface area contributed by atoms with Crippen LogP contribution in [0.2, 0.25) is 0 Å². The van der Waals surface area contributed by atoms with Crippen molar-refractivity contribution >= 4 is 5.91 Å². The molecule has 7 heteroatoms. The molecule has 0 radical (unpaired) electrons. The third-order valence-electron chi connectivity index (χ3n) is 5.78. The van der Waals surface area contributed by atoms with Crippen LogP contribution in [0, 0.1) is 11.7 Å². The first-order valence-corrected chi connectivity index (χ1v) is 10.7. The molecule has 1 saturated heterocycles. The van der Waals surface area contributed by atoms with Crippen LogP contribution in [0.1, 0.15) is 50.4 Å². The summed E-state index contributed by atoms with van der Waals surface area (Å²) in [5, 5.41) is 8.00. The van der Waals surface area contributed by atoms with E-state index in [1.54, 1.807) is 13.2 Å². The van der Waals surface area contributed by atoms with Crippen molar-refractivity contribution in [1.82, 2.24) is 20.0 Å². The third kappa shape index (κ3) is 5.26. The van der Waals surface area contributed by atoms with E-state index in [4.69, 9.17) is 4.74 Å². The van der Waals surface area contributed by atoms with Gasteiger partial charge in [-0.15, -0.1) is 0 Å². The number of methoxy groups -OCH3 is 1. The van der Waals surface area contributed by atoms with Gasteiger partial charge in [-0.05, 0) is 38.8 Å². The molecule has 1 amide bonds. The zero-order chi connectivity index (χ0) is 21.7. The van der Waals surface area contributed by atoms with Gasteiger partial charge >= 0.3 is 0 Å². The van der Waals surface area contributed by atoms with Crippen molar-refractivity contribution in [3.8, 4) is 0 Å². The zero-order valence-electron chi connectivity index (χ0n) is 18.3. The molecule has 1 aromatic heterocycles. The molecule has 0 aliphatic carbocycles. The summed E-state index contributed by atoms with van der Waals surface area (Å²) in [6.45, 7) is 7.98. The second-order valence-electron chi connectivity index (χ2n) is 8.44. The fourth-order valence-corrected chi connectivity index (χ4v) is 4.16. The molecule has 0 saturated carbocycles. The number of ether oxygens (including phenoxy) is 1. The lowest BCUT2D eigenvalue weighted by Crippen LogP contribution is -2.36. The lowest BCUT2D eigenvalue weighted by Gasteiger charge is -2.28. The van der Waals surface area contributed by atoms with Gasteiger partial charge < -0.3 is 15.0 Å².